The maximum absolute atomic E-state index is 14.8. The van der Waals surface area contributed by atoms with Gasteiger partial charge in [0.15, 0.2) is 0 Å². The molecule has 5 nitrogen and oxygen atoms in total. The number of nitrogens with one attached hydrogen (secondary N) is 1. The fourth-order valence-corrected chi connectivity index (χ4v) is 3.30. The zero-order valence-corrected chi connectivity index (χ0v) is 15.4. The van der Waals surface area contributed by atoms with Crippen molar-refractivity contribution in [3.05, 3.63) is 71.8 Å². The summed E-state index contributed by atoms with van der Waals surface area (Å²) in [5, 5.41) is 2.31. The first-order chi connectivity index (χ1) is 13.4. The molecular weight excluding hydrogens is 368 g/mol. The Balaban J connectivity index is 1.67. The highest BCUT2D eigenvalue weighted by Crippen LogP contribution is 2.54. The number of ether oxygens (including phenoxy) is 2. The zero-order chi connectivity index (χ0) is 20.2. The molecule has 0 saturated heterocycles. The van der Waals surface area contributed by atoms with E-state index in [0.717, 1.165) is 12.7 Å². The predicted molar refractivity (Wildman–Crippen MR) is 97.7 cm³/mol. The molecule has 1 N–H and O–H groups in total. The standard InChI is InChI=1S/C21H21F2NO4/c1-27-18(25)20(24-19(26)28-14-16-10-6-3-7-11-16)13-17(20)21(22,23)12-15-8-4-2-5-9-15/h2-11,17H,12-14H2,1H3,(H,24,26). The number of halogens is 2. The molecule has 2 atom stereocenters. The van der Waals surface area contributed by atoms with E-state index >= 15 is 0 Å². The van der Waals surface area contributed by atoms with Gasteiger partial charge in [-0.1, -0.05) is 60.7 Å². The summed E-state index contributed by atoms with van der Waals surface area (Å²) in [6.07, 6.45) is -1.68. The minimum atomic E-state index is -3.19. The lowest BCUT2D eigenvalue weighted by molar-refractivity contribution is -0.147. The largest absolute Gasteiger partial charge is 0.467 e. The molecule has 0 bridgehead atoms. The van der Waals surface area contributed by atoms with E-state index in [1.807, 2.05) is 6.07 Å². The molecule has 0 heterocycles. The molecule has 2 unspecified atom stereocenters. The molecular formula is C21H21F2NO4. The lowest BCUT2D eigenvalue weighted by Crippen LogP contribution is -2.48. The van der Waals surface area contributed by atoms with Crippen molar-refractivity contribution in [2.45, 2.75) is 30.9 Å². The summed E-state index contributed by atoms with van der Waals surface area (Å²) >= 11 is 0. The first kappa shape index (κ1) is 19.8. The summed E-state index contributed by atoms with van der Waals surface area (Å²) in [6.45, 7) is -0.0327. The van der Waals surface area contributed by atoms with Gasteiger partial charge in [0.1, 0.15) is 12.1 Å². The summed E-state index contributed by atoms with van der Waals surface area (Å²) in [7, 11) is 1.10. The summed E-state index contributed by atoms with van der Waals surface area (Å²) in [5.74, 6) is -5.46. The predicted octanol–water partition coefficient (Wildman–Crippen LogP) is 3.72. The topological polar surface area (TPSA) is 64.6 Å². The summed E-state index contributed by atoms with van der Waals surface area (Å²) in [4.78, 5) is 24.3. The van der Waals surface area contributed by atoms with Gasteiger partial charge in [0, 0.05) is 6.42 Å². The van der Waals surface area contributed by atoms with Crippen molar-refractivity contribution in [3.63, 3.8) is 0 Å². The average molecular weight is 389 g/mol. The average Bonchev–Trinajstić information content (AvgIpc) is 3.43. The van der Waals surface area contributed by atoms with E-state index < -0.39 is 35.9 Å². The van der Waals surface area contributed by atoms with E-state index in [1.54, 1.807) is 54.6 Å². The molecule has 0 spiro atoms. The van der Waals surface area contributed by atoms with E-state index in [-0.39, 0.29) is 13.0 Å². The van der Waals surface area contributed by atoms with E-state index in [2.05, 4.69) is 10.1 Å². The lowest BCUT2D eigenvalue weighted by atomic mass is 10.0. The van der Waals surface area contributed by atoms with E-state index in [4.69, 9.17) is 4.74 Å². The quantitative estimate of drug-likeness (QED) is 0.733. The van der Waals surface area contributed by atoms with Gasteiger partial charge in [0.2, 0.25) is 0 Å². The van der Waals surface area contributed by atoms with Gasteiger partial charge in [-0.25, -0.2) is 18.4 Å². The van der Waals surface area contributed by atoms with Crippen LogP contribution >= 0.6 is 0 Å². The van der Waals surface area contributed by atoms with Crippen molar-refractivity contribution in [1.82, 2.24) is 5.32 Å². The van der Waals surface area contributed by atoms with Crippen molar-refractivity contribution in [2.24, 2.45) is 5.92 Å². The summed E-state index contributed by atoms with van der Waals surface area (Å²) in [6, 6.07) is 17.2. The van der Waals surface area contributed by atoms with Crippen LogP contribution in [0.2, 0.25) is 0 Å². The van der Waals surface area contributed by atoms with Gasteiger partial charge in [-0.15, -0.1) is 0 Å². The number of benzene rings is 2. The van der Waals surface area contributed by atoms with Crippen molar-refractivity contribution >= 4 is 12.1 Å². The Bertz CT molecular complexity index is 829. The molecule has 28 heavy (non-hydrogen) atoms. The monoisotopic (exact) mass is 389 g/mol. The van der Waals surface area contributed by atoms with E-state index in [9.17, 15) is 18.4 Å². The number of amides is 1. The smallest absolute Gasteiger partial charge is 0.408 e. The second kappa shape index (κ2) is 7.96. The number of rotatable bonds is 7. The minimum Gasteiger partial charge on any atom is -0.467 e. The molecule has 1 amide bonds. The Morgan fingerprint density at radius 3 is 2.21 bits per heavy atom. The molecule has 0 aliphatic heterocycles. The summed E-state index contributed by atoms with van der Waals surface area (Å²) < 4.78 is 39.3. The van der Waals surface area contributed by atoms with E-state index in [0.29, 0.717) is 5.56 Å². The van der Waals surface area contributed by atoms with Gasteiger partial charge in [-0.2, -0.15) is 0 Å². The van der Waals surface area contributed by atoms with Crippen LogP contribution in [0.4, 0.5) is 13.6 Å². The van der Waals surface area contributed by atoms with Gasteiger partial charge in [0.05, 0.1) is 13.0 Å². The molecule has 1 saturated carbocycles. The number of methoxy groups -OCH3 is 1. The van der Waals surface area contributed by atoms with Crippen molar-refractivity contribution < 1.29 is 27.8 Å². The Morgan fingerprint density at radius 1 is 1.07 bits per heavy atom. The second-order valence-corrected chi connectivity index (χ2v) is 6.83. The van der Waals surface area contributed by atoms with Crippen LogP contribution in [0.15, 0.2) is 60.7 Å². The van der Waals surface area contributed by atoms with Crippen LogP contribution in [0, 0.1) is 5.92 Å². The normalized spacial score (nSPS) is 20.9. The van der Waals surface area contributed by atoms with Crippen LogP contribution in [0.1, 0.15) is 17.5 Å². The summed E-state index contributed by atoms with van der Waals surface area (Å²) in [5.41, 5.74) is -0.586. The van der Waals surface area contributed by atoms with Crippen LogP contribution in [-0.4, -0.2) is 30.6 Å². The van der Waals surface area contributed by atoms with Crippen LogP contribution in [0.25, 0.3) is 0 Å². The number of alkyl carbamates (subject to hydrolysis) is 1. The minimum absolute atomic E-state index is 0.0327. The fourth-order valence-electron chi connectivity index (χ4n) is 3.30. The first-order valence-electron chi connectivity index (χ1n) is 8.86. The number of hydrogen-bond acceptors (Lipinski definition) is 4. The number of hydrogen-bond donors (Lipinski definition) is 1. The maximum Gasteiger partial charge on any atom is 0.408 e. The van der Waals surface area contributed by atoms with Crippen LogP contribution < -0.4 is 5.32 Å². The van der Waals surface area contributed by atoms with Gasteiger partial charge in [-0.3, -0.25) is 0 Å². The molecule has 2 aromatic rings. The lowest BCUT2D eigenvalue weighted by Gasteiger charge is -2.22. The second-order valence-electron chi connectivity index (χ2n) is 6.83. The van der Waals surface area contributed by atoms with Crippen molar-refractivity contribution in [2.75, 3.05) is 7.11 Å². The molecule has 148 valence electrons. The van der Waals surface area contributed by atoms with Crippen LogP contribution in [0.3, 0.4) is 0 Å². The third-order valence-corrected chi connectivity index (χ3v) is 4.84. The molecule has 0 radical (unpaired) electrons. The highest BCUT2D eigenvalue weighted by atomic mass is 19.3. The Hall–Kier alpha value is -2.96. The molecule has 7 heteroatoms. The molecule has 2 aromatic carbocycles. The molecule has 1 aliphatic carbocycles. The third-order valence-electron chi connectivity index (χ3n) is 4.84. The molecule has 1 fully saturated rings. The van der Waals surface area contributed by atoms with Crippen LogP contribution in [-0.2, 0) is 27.3 Å². The zero-order valence-electron chi connectivity index (χ0n) is 15.4. The Morgan fingerprint density at radius 2 is 1.64 bits per heavy atom. The fraction of sp³-hybridized carbons (Fsp3) is 0.333. The SMILES string of the molecule is COC(=O)C1(NC(=O)OCc2ccccc2)CC1C(F)(F)Cc1ccccc1. The van der Waals surface area contributed by atoms with E-state index in [1.165, 1.54) is 0 Å². The molecule has 3 rings (SSSR count). The molecule has 0 aromatic heterocycles. The van der Waals surface area contributed by atoms with Crippen LogP contribution in [0.5, 0.6) is 0 Å². The highest BCUT2D eigenvalue weighted by molar-refractivity contribution is 5.89. The number of carbonyl (C=O) groups is 2. The van der Waals surface area contributed by atoms with Crippen molar-refractivity contribution in [1.29, 1.82) is 0 Å². The first-order valence-corrected chi connectivity index (χ1v) is 8.86. The highest BCUT2D eigenvalue weighted by Gasteiger charge is 2.71. The Kier molecular flexibility index (Phi) is 5.63. The number of carbonyl (C=O) groups excluding carboxylic acids is 2. The van der Waals surface area contributed by atoms with Gasteiger partial charge < -0.3 is 14.8 Å². The van der Waals surface area contributed by atoms with Gasteiger partial charge >= 0.3 is 12.1 Å². The third kappa shape index (κ3) is 4.30. The van der Waals surface area contributed by atoms with Gasteiger partial charge in [-0.05, 0) is 17.5 Å². The number of esters is 1. The number of alkyl halides is 2. The van der Waals surface area contributed by atoms with Gasteiger partial charge in [0.25, 0.3) is 5.92 Å². The molecule has 1 aliphatic rings. The maximum atomic E-state index is 14.8. The van der Waals surface area contributed by atoms with Crippen molar-refractivity contribution in [3.8, 4) is 0 Å². The Labute approximate surface area is 161 Å².